The molecular formula is C23H17ClF3N5O. The average Bonchev–Trinajstić information content (AvgIpc) is 3.41. The normalized spacial score (nSPS) is 19.4. The Hall–Kier alpha value is -3.33. The summed E-state index contributed by atoms with van der Waals surface area (Å²) in [5, 5.41) is 4.75. The zero-order valence-electron chi connectivity index (χ0n) is 17.4. The van der Waals surface area contributed by atoms with Gasteiger partial charge in [-0.05, 0) is 43.5 Å². The summed E-state index contributed by atoms with van der Waals surface area (Å²) < 4.78 is 44.6. The number of hydrogen-bond donors (Lipinski definition) is 0. The summed E-state index contributed by atoms with van der Waals surface area (Å²) in [4.78, 5) is 19.7. The van der Waals surface area contributed by atoms with Crippen LogP contribution >= 0.6 is 11.6 Å². The zero-order chi connectivity index (χ0) is 23.0. The number of carbonyl (C=O) groups excluding carboxylic acids is 1. The molecule has 0 saturated carbocycles. The molecule has 2 unspecified atom stereocenters. The van der Waals surface area contributed by atoms with Gasteiger partial charge in [-0.1, -0.05) is 17.7 Å². The number of aryl methyl sites for hydroxylation is 1. The van der Waals surface area contributed by atoms with Gasteiger partial charge >= 0.3 is 0 Å². The molecule has 0 aliphatic carbocycles. The summed E-state index contributed by atoms with van der Waals surface area (Å²) in [7, 11) is 1.67. The van der Waals surface area contributed by atoms with Crippen molar-refractivity contribution in [1.82, 2.24) is 24.1 Å². The Morgan fingerprint density at radius 2 is 1.91 bits per heavy atom. The van der Waals surface area contributed by atoms with Gasteiger partial charge in [-0.3, -0.25) is 13.9 Å². The van der Waals surface area contributed by atoms with E-state index in [0.717, 1.165) is 24.1 Å². The van der Waals surface area contributed by atoms with Gasteiger partial charge in [-0.25, -0.2) is 18.2 Å². The highest BCUT2D eigenvalue weighted by atomic mass is 35.5. The quantitative estimate of drug-likeness (QED) is 0.398. The molecule has 1 fully saturated rings. The van der Waals surface area contributed by atoms with E-state index >= 15 is 0 Å². The molecule has 4 aromatic rings. The number of fused-ring (bicyclic) bond motifs is 5. The Morgan fingerprint density at radius 1 is 1.15 bits per heavy atom. The molecule has 2 atom stereocenters. The number of aromatic nitrogens is 4. The first-order valence-electron chi connectivity index (χ1n) is 10.5. The molecule has 5 heterocycles. The molecule has 1 amide bonds. The molecule has 6 rings (SSSR count). The molecule has 0 N–H and O–H groups in total. The smallest absolute Gasteiger partial charge is 0.274 e. The number of carbonyl (C=O) groups is 1. The second kappa shape index (κ2) is 7.08. The van der Waals surface area contributed by atoms with Crippen molar-refractivity contribution in [2.24, 2.45) is 7.05 Å². The lowest BCUT2D eigenvalue weighted by Crippen LogP contribution is -2.42. The predicted molar refractivity (Wildman–Crippen MR) is 114 cm³/mol. The highest BCUT2D eigenvalue weighted by molar-refractivity contribution is 6.32. The van der Waals surface area contributed by atoms with E-state index in [4.69, 9.17) is 11.6 Å². The van der Waals surface area contributed by atoms with Crippen molar-refractivity contribution in [3.05, 3.63) is 76.1 Å². The van der Waals surface area contributed by atoms with Gasteiger partial charge in [0.15, 0.2) is 28.3 Å². The number of imidazole rings is 1. The van der Waals surface area contributed by atoms with E-state index in [2.05, 4.69) is 10.1 Å². The fourth-order valence-electron chi connectivity index (χ4n) is 5.29. The number of pyridine rings is 1. The predicted octanol–water partition coefficient (Wildman–Crippen LogP) is 4.71. The van der Waals surface area contributed by atoms with Gasteiger partial charge in [0, 0.05) is 30.4 Å². The van der Waals surface area contributed by atoms with E-state index in [1.165, 1.54) is 0 Å². The minimum absolute atomic E-state index is 0.126. The minimum atomic E-state index is -1.50. The van der Waals surface area contributed by atoms with Crippen molar-refractivity contribution in [2.75, 3.05) is 0 Å². The Bertz CT molecular complexity index is 1440. The van der Waals surface area contributed by atoms with Crippen LogP contribution < -0.4 is 0 Å². The second-order valence-electron chi connectivity index (χ2n) is 8.43. The van der Waals surface area contributed by atoms with Crippen LogP contribution in [0.2, 0.25) is 5.15 Å². The Labute approximate surface area is 191 Å². The molecule has 0 spiro atoms. The lowest BCUT2D eigenvalue weighted by Gasteiger charge is -2.34. The van der Waals surface area contributed by atoms with Crippen LogP contribution in [0.4, 0.5) is 13.2 Å². The summed E-state index contributed by atoms with van der Waals surface area (Å²) in [6.07, 6.45) is 3.68. The van der Waals surface area contributed by atoms with E-state index < -0.39 is 17.5 Å². The van der Waals surface area contributed by atoms with Crippen molar-refractivity contribution in [2.45, 2.75) is 31.3 Å². The van der Waals surface area contributed by atoms with Crippen molar-refractivity contribution in [3.8, 4) is 11.3 Å². The maximum absolute atomic E-state index is 13.9. The van der Waals surface area contributed by atoms with E-state index in [9.17, 15) is 18.0 Å². The number of amides is 1. The van der Waals surface area contributed by atoms with Crippen LogP contribution in [0.1, 0.15) is 40.6 Å². The van der Waals surface area contributed by atoms with Gasteiger partial charge in [0.2, 0.25) is 0 Å². The summed E-state index contributed by atoms with van der Waals surface area (Å²) in [5.74, 6) is -4.24. The molecule has 0 radical (unpaired) electrons. The minimum Gasteiger partial charge on any atom is -0.325 e. The number of halogens is 4. The third-order valence-corrected chi connectivity index (χ3v) is 6.88. The molecule has 10 heteroatoms. The van der Waals surface area contributed by atoms with Gasteiger partial charge in [0.05, 0.1) is 17.4 Å². The number of hydrogen-bond acceptors (Lipinski definition) is 3. The fraction of sp³-hybridized carbons (Fsp3) is 0.261. The SMILES string of the molecule is Cn1nc2c(c1-c1cc(F)c(F)c(F)c1)CC1CCC2N1C(=O)c1c(Cl)nc2ccccn12. The number of benzene rings is 1. The molecule has 1 aromatic carbocycles. The first-order valence-corrected chi connectivity index (χ1v) is 10.9. The third-order valence-electron chi connectivity index (χ3n) is 6.62. The van der Waals surface area contributed by atoms with Crippen LogP contribution in [0.25, 0.3) is 16.9 Å². The van der Waals surface area contributed by atoms with Gasteiger partial charge in [0.25, 0.3) is 5.91 Å². The van der Waals surface area contributed by atoms with Crippen molar-refractivity contribution >= 4 is 23.2 Å². The summed E-state index contributed by atoms with van der Waals surface area (Å²) in [6, 6.07) is 6.93. The van der Waals surface area contributed by atoms with Crippen LogP contribution in [0.5, 0.6) is 0 Å². The van der Waals surface area contributed by atoms with Crippen LogP contribution in [0.15, 0.2) is 36.5 Å². The Balaban J connectivity index is 1.44. The lowest BCUT2D eigenvalue weighted by atomic mass is 9.94. The van der Waals surface area contributed by atoms with Gasteiger partial charge in [-0.15, -0.1) is 0 Å². The van der Waals surface area contributed by atoms with Crippen LogP contribution in [-0.2, 0) is 13.5 Å². The average molecular weight is 472 g/mol. The van der Waals surface area contributed by atoms with Gasteiger partial charge in [0.1, 0.15) is 5.65 Å². The second-order valence-corrected chi connectivity index (χ2v) is 8.79. The van der Waals surface area contributed by atoms with Gasteiger partial charge < -0.3 is 4.90 Å². The molecule has 1 saturated heterocycles. The monoisotopic (exact) mass is 471 g/mol. The molecule has 33 heavy (non-hydrogen) atoms. The van der Waals surface area contributed by atoms with E-state index in [1.807, 2.05) is 6.07 Å². The Kier molecular flexibility index (Phi) is 4.35. The summed E-state index contributed by atoms with van der Waals surface area (Å²) in [6.45, 7) is 0. The van der Waals surface area contributed by atoms with Crippen molar-refractivity contribution in [3.63, 3.8) is 0 Å². The standard InChI is InChI=1S/C23H17ClF3N5O/c1-30-20(11-8-14(25)18(27)15(26)9-11)13-10-12-5-6-16(19(13)29-30)32(12)23(33)21-22(24)28-17-4-2-3-7-31(17)21/h2-4,7-9,12,16H,5-6,10H2,1H3. The molecule has 168 valence electrons. The highest BCUT2D eigenvalue weighted by Gasteiger charge is 2.46. The summed E-state index contributed by atoms with van der Waals surface area (Å²) >= 11 is 6.35. The maximum Gasteiger partial charge on any atom is 0.274 e. The molecular weight excluding hydrogens is 455 g/mol. The first kappa shape index (κ1) is 20.3. The highest BCUT2D eigenvalue weighted by Crippen LogP contribution is 2.47. The van der Waals surface area contributed by atoms with Crippen LogP contribution in [0.3, 0.4) is 0 Å². The van der Waals surface area contributed by atoms with E-state index in [1.54, 1.807) is 39.4 Å². The Morgan fingerprint density at radius 3 is 2.67 bits per heavy atom. The lowest BCUT2D eigenvalue weighted by molar-refractivity contribution is 0.0635. The zero-order valence-corrected chi connectivity index (χ0v) is 18.2. The number of rotatable bonds is 2. The van der Waals surface area contributed by atoms with E-state index in [-0.39, 0.29) is 28.7 Å². The molecule has 3 aromatic heterocycles. The third kappa shape index (κ3) is 2.84. The molecule has 2 aliphatic rings. The van der Waals surface area contributed by atoms with Gasteiger partial charge in [-0.2, -0.15) is 5.10 Å². The molecule has 6 nitrogen and oxygen atoms in total. The van der Waals surface area contributed by atoms with Crippen molar-refractivity contribution in [1.29, 1.82) is 0 Å². The van der Waals surface area contributed by atoms with Crippen LogP contribution in [0, 0.1) is 17.5 Å². The van der Waals surface area contributed by atoms with Crippen LogP contribution in [-0.4, -0.2) is 36.0 Å². The maximum atomic E-state index is 13.9. The molecule has 2 bridgehead atoms. The summed E-state index contributed by atoms with van der Waals surface area (Å²) in [5.41, 5.74) is 3.13. The van der Waals surface area contributed by atoms with E-state index in [0.29, 0.717) is 35.6 Å². The fourth-order valence-corrected chi connectivity index (χ4v) is 5.54. The number of nitrogens with zero attached hydrogens (tertiary/aromatic N) is 5. The van der Waals surface area contributed by atoms with Crippen molar-refractivity contribution < 1.29 is 18.0 Å². The molecule has 2 aliphatic heterocycles. The first-order chi connectivity index (χ1) is 15.8. The topological polar surface area (TPSA) is 55.4 Å². The largest absolute Gasteiger partial charge is 0.325 e.